The van der Waals surface area contributed by atoms with Crippen LogP contribution in [0.4, 0.5) is 14.1 Å². The Morgan fingerprint density at radius 3 is 0.583 bits per heavy atom. The van der Waals surface area contributed by atoms with E-state index >= 15 is 0 Å². The van der Waals surface area contributed by atoms with Gasteiger partial charge in [0.2, 0.25) is 0 Å². The van der Waals surface area contributed by atoms with Crippen LogP contribution in [0, 0.1) is 0 Å². The summed E-state index contributed by atoms with van der Waals surface area (Å²) in [5, 5.41) is 0. The molecule has 0 spiro atoms. The van der Waals surface area contributed by atoms with E-state index < -0.39 is 0 Å². The smallest absolute Gasteiger partial charge is 0.0596 e. The molecule has 0 radical (unpaired) electrons. The first-order valence-corrected chi connectivity index (χ1v) is 13.0. The molecule has 0 saturated carbocycles. The maximum atomic E-state index is 4.84. The van der Waals surface area contributed by atoms with E-state index in [0.717, 1.165) is 78.9 Å². The van der Waals surface area contributed by atoms with Gasteiger partial charge in [0.05, 0.1) is 39.6 Å². The molecular weight excluding hydrogens is 549 g/mol. The van der Waals surface area contributed by atoms with Gasteiger partial charge in [0.25, 0.3) is 0 Å². The Labute approximate surface area is 228 Å². The number of ether oxygens (including phenoxy) is 6. The molecule has 36 heavy (non-hydrogen) atoms. The molecule has 0 saturated heterocycles. The topological polar surface area (TPSA) is 128 Å². The predicted molar refractivity (Wildman–Crippen MR) is 150 cm³/mol. The molecular formula is C18H51F3N6O6S3. The van der Waals surface area contributed by atoms with Crippen molar-refractivity contribution >= 4 is 36.4 Å². The van der Waals surface area contributed by atoms with E-state index in [1.807, 2.05) is 0 Å². The fourth-order valence-corrected chi connectivity index (χ4v) is 2.74. The lowest BCUT2D eigenvalue weighted by atomic mass is 10.7. The summed E-state index contributed by atoms with van der Waals surface area (Å²) in [6.45, 7) is 9.50. The van der Waals surface area contributed by atoms with Crippen molar-refractivity contribution in [1.29, 1.82) is 0 Å². The molecule has 0 aromatic rings. The summed E-state index contributed by atoms with van der Waals surface area (Å²) in [4.78, 5) is 0. The Kier molecular flexibility index (Phi) is 76.4. The monoisotopic (exact) mass is 600 g/mol. The van der Waals surface area contributed by atoms with Gasteiger partial charge in [-0.2, -0.15) is 0 Å². The summed E-state index contributed by atoms with van der Waals surface area (Å²) in [5.74, 6) is 0. The Morgan fingerprint density at radius 1 is 0.333 bits per heavy atom. The molecule has 0 heterocycles. The number of hydrogen-bond acceptors (Lipinski definition) is 15. The fraction of sp³-hybridized carbons (Fsp3) is 1.00. The van der Waals surface area contributed by atoms with Crippen molar-refractivity contribution in [1.82, 2.24) is 28.3 Å². The Morgan fingerprint density at radius 2 is 0.472 bits per heavy atom. The van der Waals surface area contributed by atoms with Crippen LogP contribution in [0.1, 0.15) is 0 Å². The molecule has 0 atom stereocenters. The zero-order chi connectivity index (χ0) is 25.1. The average molecular weight is 601 g/mol. The Balaban J connectivity index is -0.0000000900. The Hall–Kier alpha value is 0.360. The molecule has 0 rings (SSSR count). The molecule has 0 fully saturated rings. The van der Waals surface area contributed by atoms with Crippen molar-refractivity contribution in [3.8, 4) is 0 Å². The van der Waals surface area contributed by atoms with Crippen LogP contribution >= 0.6 is 36.4 Å². The maximum Gasteiger partial charge on any atom is 0.0596 e. The minimum Gasteiger partial charge on any atom is -0.383 e. The van der Waals surface area contributed by atoms with Crippen LogP contribution in [-0.2, 0) is 28.4 Å². The number of methoxy groups -OCH3 is 6. The van der Waals surface area contributed by atoms with E-state index in [4.69, 9.17) is 28.4 Å². The van der Waals surface area contributed by atoms with Crippen molar-refractivity contribution in [2.45, 2.75) is 0 Å². The third kappa shape index (κ3) is 64.4. The molecule has 0 amide bonds. The third-order valence-corrected chi connectivity index (χ3v) is 4.97. The van der Waals surface area contributed by atoms with E-state index in [9.17, 15) is 0 Å². The van der Waals surface area contributed by atoms with Crippen molar-refractivity contribution in [3.05, 3.63) is 0 Å². The van der Waals surface area contributed by atoms with Crippen LogP contribution in [0.25, 0.3) is 0 Å². The summed E-state index contributed by atoms with van der Waals surface area (Å²) in [6, 6.07) is 0. The minimum absolute atomic E-state index is 0. The quantitative estimate of drug-likeness (QED) is 0.0680. The second kappa shape index (κ2) is 55.8. The van der Waals surface area contributed by atoms with E-state index in [1.165, 1.54) is 36.4 Å². The highest BCUT2D eigenvalue weighted by Crippen LogP contribution is 1.84. The van der Waals surface area contributed by atoms with Crippen LogP contribution in [0.3, 0.4) is 0 Å². The molecule has 0 unspecified atom stereocenters. The molecule has 0 bridgehead atoms. The van der Waals surface area contributed by atoms with Gasteiger partial charge in [0.1, 0.15) is 0 Å². The van der Waals surface area contributed by atoms with E-state index in [1.54, 1.807) is 42.7 Å². The van der Waals surface area contributed by atoms with Gasteiger partial charge < -0.3 is 28.4 Å². The lowest BCUT2D eigenvalue weighted by Crippen LogP contribution is -2.20. The lowest BCUT2D eigenvalue weighted by Gasteiger charge is -2.03. The molecule has 18 heteroatoms. The van der Waals surface area contributed by atoms with Crippen LogP contribution < -0.4 is 28.3 Å². The van der Waals surface area contributed by atoms with Crippen LogP contribution in [0.2, 0.25) is 0 Å². The predicted octanol–water partition coefficient (Wildman–Crippen LogP) is 0.522. The molecule has 6 N–H and O–H groups in total. The summed E-state index contributed by atoms with van der Waals surface area (Å²) in [7, 11) is 10.1. The molecule has 0 aliphatic carbocycles. The lowest BCUT2D eigenvalue weighted by molar-refractivity contribution is 0.203. The highest BCUT2D eigenvalue weighted by atomic mass is 32.2. The first kappa shape index (κ1) is 49.3. The molecule has 0 aliphatic rings. The van der Waals surface area contributed by atoms with E-state index in [-0.39, 0.29) is 14.1 Å². The van der Waals surface area contributed by atoms with Gasteiger partial charge >= 0.3 is 0 Å². The average Bonchev–Trinajstić information content (AvgIpc) is 2.83. The molecule has 12 nitrogen and oxygen atoms in total. The van der Waals surface area contributed by atoms with Crippen LogP contribution in [0.5, 0.6) is 0 Å². The Bertz CT molecular complexity index is 260. The minimum atomic E-state index is 0. The van der Waals surface area contributed by atoms with Gasteiger partial charge in [-0.25, -0.2) is 28.3 Å². The van der Waals surface area contributed by atoms with E-state index in [0.29, 0.717) is 0 Å². The molecule has 0 aromatic carbocycles. The van der Waals surface area contributed by atoms with Crippen molar-refractivity contribution in [2.24, 2.45) is 0 Å². The van der Waals surface area contributed by atoms with Crippen molar-refractivity contribution in [2.75, 3.05) is 122 Å². The standard InChI is InChI=1S/3C6H16N2O2S.3FH/c3*1-9-5-3-7-11-8-4-6-10-2;;;/h3*7-8H,3-6H2,1-2H3;3*1H. The number of rotatable bonds is 24. The number of hydrogen-bond donors (Lipinski definition) is 6. The summed E-state index contributed by atoms with van der Waals surface area (Å²) in [6.07, 6.45) is 0. The largest absolute Gasteiger partial charge is 0.383 e. The second-order valence-corrected chi connectivity index (χ2v) is 7.97. The highest BCUT2D eigenvalue weighted by Gasteiger charge is 1.88. The van der Waals surface area contributed by atoms with Gasteiger partial charge in [-0.3, -0.25) is 14.1 Å². The SMILES string of the molecule is COCCNSNCCOC.COCCNSNCCOC.COCCNSNCCOC.F.F.F. The summed E-state index contributed by atoms with van der Waals surface area (Å²) < 4.78 is 47.5. The summed E-state index contributed by atoms with van der Waals surface area (Å²) in [5.41, 5.74) is 0. The highest BCUT2D eigenvalue weighted by molar-refractivity contribution is 7.95. The van der Waals surface area contributed by atoms with E-state index in [2.05, 4.69) is 28.3 Å². The second-order valence-electron chi connectivity index (χ2n) is 5.63. The van der Waals surface area contributed by atoms with Gasteiger partial charge in [-0.15, -0.1) is 0 Å². The fourth-order valence-electron chi connectivity index (χ4n) is 1.32. The normalized spacial score (nSPS) is 9.50. The molecule has 0 aromatic heterocycles. The first-order chi connectivity index (χ1) is 16.2. The summed E-state index contributed by atoms with van der Waals surface area (Å²) >= 11 is 4.42. The number of nitrogens with one attached hydrogen (secondary N) is 6. The van der Waals surface area contributed by atoms with Gasteiger partial charge in [0.15, 0.2) is 0 Å². The number of halogens is 3. The van der Waals surface area contributed by atoms with Gasteiger partial charge in [-0.1, -0.05) is 0 Å². The molecule has 228 valence electrons. The van der Waals surface area contributed by atoms with Crippen LogP contribution in [0.15, 0.2) is 0 Å². The zero-order valence-corrected chi connectivity index (χ0v) is 24.8. The molecule has 0 aliphatic heterocycles. The maximum absolute atomic E-state index is 4.84. The zero-order valence-electron chi connectivity index (χ0n) is 22.4. The first-order valence-electron chi connectivity index (χ1n) is 10.5. The van der Waals surface area contributed by atoms with Gasteiger partial charge in [-0.05, 0) is 0 Å². The van der Waals surface area contributed by atoms with Gasteiger partial charge in [0, 0.05) is 118 Å². The van der Waals surface area contributed by atoms with Crippen LogP contribution in [-0.4, -0.2) is 122 Å². The third-order valence-electron chi connectivity index (χ3n) is 2.88. The van der Waals surface area contributed by atoms with Crippen molar-refractivity contribution < 1.29 is 42.5 Å². The van der Waals surface area contributed by atoms with Crippen molar-refractivity contribution in [3.63, 3.8) is 0 Å².